The first-order valence-electron chi connectivity index (χ1n) is 25.9. The van der Waals surface area contributed by atoms with E-state index >= 15 is 13.7 Å². The summed E-state index contributed by atoms with van der Waals surface area (Å²) in [6, 6.07) is 73.7. The maximum atomic E-state index is 15.8. The Kier molecular flexibility index (Phi) is 21.5. The molecule has 0 amide bonds. The van der Waals surface area contributed by atoms with Gasteiger partial charge in [0.15, 0.2) is 0 Å². The molecular weight excluding hydrogens is 1060 g/mol. The molecule has 17 heteroatoms. The molecule has 0 unspecified atom stereocenters. The van der Waals surface area contributed by atoms with Crippen molar-refractivity contribution in [3.05, 3.63) is 287 Å². The number of hydrogen-bond acceptors (Lipinski definition) is 14. The Morgan fingerprint density at radius 3 is 0.734 bits per heavy atom. The molecule has 1 aliphatic rings. The van der Waals surface area contributed by atoms with E-state index in [9.17, 15) is 0 Å². The number of phosphoric acid groups is 3. The third-order valence-corrected chi connectivity index (χ3v) is 16.8. The molecule has 1 aliphatic carbocycles. The van der Waals surface area contributed by atoms with E-state index in [0.29, 0.717) is 33.4 Å². The maximum absolute atomic E-state index is 15.8. The van der Waals surface area contributed by atoms with Crippen LogP contribution >= 0.6 is 23.5 Å². The van der Waals surface area contributed by atoms with Crippen molar-refractivity contribution in [3.8, 4) is 0 Å². The molecule has 410 valence electrons. The Morgan fingerprint density at radius 2 is 0.468 bits per heavy atom. The maximum Gasteiger partial charge on any atom is 0.475 e. The molecule has 5 atom stereocenters. The fourth-order valence-electron chi connectivity index (χ4n) is 8.59. The van der Waals surface area contributed by atoms with Gasteiger partial charge in [0.1, 0.15) is 24.4 Å². The average molecular weight is 1130 g/mol. The number of ether oxygens (including phenoxy) is 2. The Balaban J connectivity index is 1.18. The van der Waals surface area contributed by atoms with Crippen molar-refractivity contribution in [1.82, 2.24) is 0 Å². The zero-order valence-corrected chi connectivity index (χ0v) is 46.1. The summed E-state index contributed by atoms with van der Waals surface area (Å²) in [6.45, 7) is -1.43. The molecular formula is C62H63O14P3. The van der Waals surface area contributed by atoms with Crippen LogP contribution in [-0.2, 0) is 117 Å². The molecule has 8 aromatic rings. The van der Waals surface area contributed by atoms with Crippen molar-refractivity contribution in [2.75, 3.05) is 6.61 Å². The van der Waals surface area contributed by atoms with Crippen LogP contribution in [0.1, 0.15) is 44.5 Å². The van der Waals surface area contributed by atoms with Gasteiger partial charge in [0, 0.05) is 5.92 Å². The van der Waals surface area contributed by atoms with E-state index in [1.54, 1.807) is 0 Å². The molecule has 0 saturated heterocycles. The van der Waals surface area contributed by atoms with Crippen molar-refractivity contribution in [1.29, 1.82) is 0 Å². The van der Waals surface area contributed by atoms with Gasteiger partial charge in [0.2, 0.25) is 0 Å². The van der Waals surface area contributed by atoms with Crippen LogP contribution < -0.4 is 0 Å². The Bertz CT molecular complexity index is 3010. The Morgan fingerprint density at radius 1 is 0.253 bits per heavy atom. The van der Waals surface area contributed by atoms with Crippen LogP contribution in [0.25, 0.3) is 0 Å². The van der Waals surface area contributed by atoms with E-state index in [0.717, 1.165) is 11.1 Å². The smallest absolute Gasteiger partial charge is 0.376 e. The lowest BCUT2D eigenvalue weighted by Gasteiger charge is -2.31. The number of hydrogen-bond donors (Lipinski definition) is 0. The van der Waals surface area contributed by atoms with Crippen LogP contribution in [0, 0.1) is 5.92 Å². The van der Waals surface area contributed by atoms with E-state index < -0.39 is 53.8 Å². The van der Waals surface area contributed by atoms with Crippen LogP contribution in [0.15, 0.2) is 243 Å². The Labute approximate surface area is 462 Å². The van der Waals surface area contributed by atoms with Crippen LogP contribution in [-0.4, -0.2) is 31.0 Å². The monoisotopic (exact) mass is 1120 g/mol. The number of phosphoric ester groups is 3. The zero-order valence-electron chi connectivity index (χ0n) is 43.4. The minimum atomic E-state index is -4.80. The highest BCUT2D eigenvalue weighted by molar-refractivity contribution is 7.49. The average Bonchev–Trinajstić information content (AvgIpc) is 4.03. The second-order valence-corrected chi connectivity index (χ2v) is 23.4. The fraction of sp³-hybridized carbons (Fsp3) is 0.226. The topological polar surface area (TPSA) is 153 Å². The summed E-state index contributed by atoms with van der Waals surface area (Å²) in [6.07, 6.45) is -6.03. The summed E-state index contributed by atoms with van der Waals surface area (Å²) >= 11 is 0. The second kappa shape index (κ2) is 29.5. The highest BCUT2D eigenvalue weighted by Gasteiger charge is 2.60. The summed E-state index contributed by atoms with van der Waals surface area (Å²) in [5.74, 6) is -1.17. The van der Waals surface area contributed by atoms with E-state index in [4.69, 9.17) is 50.2 Å². The summed E-state index contributed by atoms with van der Waals surface area (Å²) in [7, 11) is -14.3. The van der Waals surface area contributed by atoms with Crippen molar-refractivity contribution >= 4 is 23.5 Å². The van der Waals surface area contributed by atoms with Crippen molar-refractivity contribution in [3.63, 3.8) is 0 Å². The van der Waals surface area contributed by atoms with Crippen molar-refractivity contribution < 1.29 is 63.9 Å². The van der Waals surface area contributed by atoms with Gasteiger partial charge in [-0.3, -0.25) is 40.7 Å². The van der Waals surface area contributed by atoms with E-state index in [-0.39, 0.29) is 59.5 Å². The molecule has 14 nitrogen and oxygen atoms in total. The van der Waals surface area contributed by atoms with Gasteiger partial charge in [-0.2, -0.15) is 0 Å². The first-order chi connectivity index (χ1) is 38.7. The molecule has 0 bridgehead atoms. The molecule has 0 N–H and O–H groups in total. The van der Waals surface area contributed by atoms with Gasteiger partial charge in [-0.05, 0) is 44.5 Å². The predicted octanol–water partition coefficient (Wildman–Crippen LogP) is 15.2. The standard InChI is InChI=1S/C62H63O14P3/c63-77(68-43-52-29-13-3-14-30-52,69-44-53-31-15-4-16-32-53)74-59-58(49-66-41-50-25-9-1-10-26-50)60(75-78(64,70-45-54-33-17-5-18-34-54)71-46-55-35-19-6-20-36-55)62(61(59)67-42-51-27-11-2-12-28-51)76-79(65,72-47-56-37-21-7-22-38-56)73-48-57-39-23-8-24-40-57/h1-40,58-62H,41-49H2/t58-,59+,60+,61-,62-/m0/s1. The first-order valence-corrected chi connectivity index (χ1v) is 30.3. The lowest BCUT2D eigenvalue weighted by Crippen LogP contribution is -2.38. The largest absolute Gasteiger partial charge is 0.475 e. The zero-order chi connectivity index (χ0) is 54.4. The van der Waals surface area contributed by atoms with E-state index in [2.05, 4.69) is 0 Å². The van der Waals surface area contributed by atoms with Crippen LogP contribution in [0.3, 0.4) is 0 Å². The van der Waals surface area contributed by atoms with Crippen molar-refractivity contribution in [2.24, 2.45) is 5.92 Å². The molecule has 0 aliphatic heterocycles. The van der Waals surface area contributed by atoms with E-state index in [1.807, 2.05) is 243 Å². The molecule has 1 saturated carbocycles. The molecule has 0 aromatic heterocycles. The van der Waals surface area contributed by atoms with Crippen molar-refractivity contribution in [2.45, 2.75) is 77.3 Å². The Hall–Kier alpha value is -5.99. The quantitative estimate of drug-likeness (QED) is 0.0379. The van der Waals surface area contributed by atoms with Crippen LogP contribution in [0.2, 0.25) is 0 Å². The van der Waals surface area contributed by atoms with Gasteiger partial charge < -0.3 is 9.47 Å². The highest BCUT2D eigenvalue weighted by atomic mass is 31.2. The highest BCUT2D eigenvalue weighted by Crippen LogP contribution is 2.62. The van der Waals surface area contributed by atoms with Gasteiger partial charge in [0.05, 0.1) is 59.5 Å². The normalized spacial score (nSPS) is 17.6. The van der Waals surface area contributed by atoms with Gasteiger partial charge in [0.25, 0.3) is 0 Å². The number of rotatable bonds is 31. The first kappa shape index (κ1) is 57.7. The minimum absolute atomic E-state index is 0.0810. The molecule has 0 heterocycles. The molecule has 9 rings (SSSR count). The SMILES string of the molecule is O=P(OCc1ccccc1)(OCc1ccccc1)O[C@@H]1[C@@H](OCc2ccccc2)[C@H](OP(=O)(OCc2ccccc2)OCc2ccccc2)[C@H](COCc2ccccc2)[C@H]1OP(=O)(OCc1ccccc1)OCc1ccccc1. The lowest BCUT2D eigenvalue weighted by atomic mass is 10.0. The summed E-state index contributed by atoms with van der Waals surface area (Å²) in [4.78, 5) is 0. The summed E-state index contributed by atoms with van der Waals surface area (Å²) in [5.41, 5.74) is 5.60. The molecule has 1 fully saturated rings. The van der Waals surface area contributed by atoms with Gasteiger partial charge in [-0.25, -0.2) is 13.7 Å². The van der Waals surface area contributed by atoms with E-state index in [1.165, 1.54) is 0 Å². The molecule has 0 spiro atoms. The van der Waals surface area contributed by atoms with Gasteiger partial charge in [-0.1, -0.05) is 243 Å². The predicted molar refractivity (Wildman–Crippen MR) is 299 cm³/mol. The second-order valence-electron chi connectivity index (χ2n) is 18.5. The summed E-state index contributed by atoms with van der Waals surface area (Å²) in [5, 5.41) is 0. The van der Waals surface area contributed by atoms with Gasteiger partial charge in [-0.15, -0.1) is 0 Å². The number of benzene rings is 8. The molecule has 79 heavy (non-hydrogen) atoms. The molecule has 8 aromatic carbocycles. The van der Waals surface area contributed by atoms with Crippen LogP contribution in [0.5, 0.6) is 0 Å². The van der Waals surface area contributed by atoms with Gasteiger partial charge >= 0.3 is 23.5 Å². The minimum Gasteiger partial charge on any atom is -0.376 e. The third-order valence-electron chi connectivity index (χ3n) is 12.7. The summed E-state index contributed by atoms with van der Waals surface area (Å²) < 4.78 is 119. The fourth-order valence-corrected chi connectivity index (χ4v) is 12.7. The molecule has 0 radical (unpaired) electrons. The van der Waals surface area contributed by atoms with Crippen LogP contribution in [0.4, 0.5) is 0 Å². The third kappa shape index (κ3) is 18.0. The lowest BCUT2D eigenvalue weighted by molar-refractivity contribution is -0.0930.